The van der Waals surface area contributed by atoms with Gasteiger partial charge in [-0.1, -0.05) is 29.4 Å². The summed E-state index contributed by atoms with van der Waals surface area (Å²) >= 11 is 0. The fourth-order valence-electron chi connectivity index (χ4n) is 2.29. The molecular formula is C18H17N3O4S. The summed E-state index contributed by atoms with van der Waals surface area (Å²) in [6.07, 6.45) is 0. The molecule has 0 aliphatic heterocycles. The first-order chi connectivity index (χ1) is 12.3. The van der Waals surface area contributed by atoms with E-state index < -0.39 is 21.5 Å². The number of hydrogen-bond donors (Lipinski definition) is 1. The van der Waals surface area contributed by atoms with Gasteiger partial charge >= 0.3 is 6.01 Å². The lowest BCUT2D eigenvalue weighted by molar-refractivity contribution is 0.102. The Bertz CT molecular complexity index is 1040. The van der Waals surface area contributed by atoms with Crippen molar-refractivity contribution in [2.75, 3.05) is 5.32 Å². The molecule has 0 atom stereocenters. The van der Waals surface area contributed by atoms with E-state index in [0.29, 0.717) is 5.56 Å². The zero-order valence-electron chi connectivity index (χ0n) is 14.3. The fourth-order valence-corrected chi connectivity index (χ4v) is 3.47. The van der Waals surface area contributed by atoms with Crippen LogP contribution in [0.1, 0.15) is 27.4 Å². The van der Waals surface area contributed by atoms with Crippen LogP contribution >= 0.6 is 0 Å². The van der Waals surface area contributed by atoms with E-state index in [1.807, 2.05) is 19.9 Å². The zero-order chi connectivity index (χ0) is 18.7. The Morgan fingerprint density at radius 2 is 1.77 bits per heavy atom. The van der Waals surface area contributed by atoms with Crippen LogP contribution in [-0.4, -0.2) is 24.5 Å². The molecule has 0 bridgehead atoms. The summed E-state index contributed by atoms with van der Waals surface area (Å²) in [5.74, 6) is -0.942. The summed E-state index contributed by atoms with van der Waals surface area (Å²) in [6, 6.07) is 13.1. The highest BCUT2D eigenvalue weighted by Crippen LogP contribution is 2.17. The van der Waals surface area contributed by atoms with E-state index in [1.165, 1.54) is 12.1 Å². The number of aromatic nitrogens is 2. The van der Waals surface area contributed by atoms with Crippen LogP contribution in [0.3, 0.4) is 0 Å². The highest BCUT2D eigenvalue weighted by atomic mass is 32.2. The number of nitrogens with one attached hydrogen (secondary N) is 1. The maximum atomic E-state index is 12.3. The summed E-state index contributed by atoms with van der Waals surface area (Å²) in [5, 5.41) is 9.86. The number of rotatable bonds is 5. The molecule has 26 heavy (non-hydrogen) atoms. The Hall–Kier alpha value is -3.00. The van der Waals surface area contributed by atoms with Gasteiger partial charge in [0.05, 0.1) is 4.90 Å². The minimum Gasteiger partial charge on any atom is -0.407 e. The Morgan fingerprint density at radius 1 is 1.04 bits per heavy atom. The molecule has 0 aliphatic carbocycles. The molecule has 3 rings (SSSR count). The van der Waals surface area contributed by atoms with Crippen LogP contribution in [0.5, 0.6) is 0 Å². The van der Waals surface area contributed by atoms with Crippen molar-refractivity contribution in [3.05, 3.63) is 71.1 Å². The van der Waals surface area contributed by atoms with Crippen molar-refractivity contribution < 1.29 is 17.6 Å². The number of benzene rings is 2. The lowest BCUT2D eigenvalue weighted by atomic mass is 10.1. The molecule has 1 amide bonds. The van der Waals surface area contributed by atoms with E-state index in [-0.39, 0.29) is 16.8 Å². The maximum absolute atomic E-state index is 12.3. The third kappa shape index (κ3) is 3.97. The SMILES string of the molecule is Cc1ccc(C(=O)Nc2nnc(CS(=O)(=O)c3ccccc3)o2)cc1C. The second kappa shape index (κ2) is 7.09. The van der Waals surface area contributed by atoms with E-state index >= 15 is 0 Å². The highest BCUT2D eigenvalue weighted by Gasteiger charge is 2.20. The molecule has 134 valence electrons. The van der Waals surface area contributed by atoms with Crippen LogP contribution < -0.4 is 5.32 Å². The van der Waals surface area contributed by atoms with Gasteiger partial charge in [-0.2, -0.15) is 0 Å². The van der Waals surface area contributed by atoms with Crippen LogP contribution in [0, 0.1) is 13.8 Å². The van der Waals surface area contributed by atoms with Gasteiger partial charge in [0, 0.05) is 5.56 Å². The monoisotopic (exact) mass is 371 g/mol. The van der Waals surface area contributed by atoms with E-state index in [2.05, 4.69) is 15.5 Å². The van der Waals surface area contributed by atoms with Crippen LogP contribution in [0.15, 0.2) is 57.8 Å². The van der Waals surface area contributed by atoms with Gasteiger partial charge < -0.3 is 4.42 Å². The van der Waals surface area contributed by atoms with Crippen molar-refractivity contribution in [3.63, 3.8) is 0 Å². The second-order valence-electron chi connectivity index (χ2n) is 5.83. The molecule has 0 spiro atoms. The molecule has 1 N–H and O–H groups in total. The van der Waals surface area contributed by atoms with E-state index in [4.69, 9.17) is 4.42 Å². The standard InChI is InChI=1S/C18H17N3O4S/c1-12-8-9-14(10-13(12)2)17(22)19-18-21-20-16(25-18)11-26(23,24)15-6-4-3-5-7-15/h3-10H,11H2,1-2H3,(H,19,21,22). The second-order valence-corrected chi connectivity index (χ2v) is 7.82. The van der Waals surface area contributed by atoms with Gasteiger partial charge in [-0.25, -0.2) is 8.42 Å². The molecule has 0 saturated heterocycles. The number of amides is 1. The summed E-state index contributed by atoms with van der Waals surface area (Å²) in [6.45, 7) is 3.86. The van der Waals surface area contributed by atoms with Crippen molar-refractivity contribution in [2.45, 2.75) is 24.5 Å². The summed E-state index contributed by atoms with van der Waals surface area (Å²) in [4.78, 5) is 12.4. The van der Waals surface area contributed by atoms with E-state index in [0.717, 1.165) is 11.1 Å². The minimum atomic E-state index is -3.60. The van der Waals surface area contributed by atoms with Crippen LogP contribution in [0.4, 0.5) is 6.01 Å². The topological polar surface area (TPSA) is 102 Å². The average Bonchev–Trinajstić information content (AvgIpc) is 3.04. The van der Waals surface area contributed by atoms with Crippen LogP contribution in [0.25, 0.3) is 0 Å². The average molecular weight is 371 g/mol. The quantitative estimate of drug-likeness (QED) is 0.740. The summed E-state index contributed by atoms with van der Waals surface area (Å²) in [5.41, 5.74) is 2.51. The third-order valence-electron chi connectivity index (χ3n) is 3.87. The van der Waals surface area contributed by atoms with E-state index in [9.17, 15) is 13.2 Å². The Morgan fingerprint density at radius 3 is 2.46 bits per heavy atom. The zero-order valence-corrected chi connectivity index (χ0v) is 15.1. The number of carbonyl (C=O) groups is 1. The van der Waals surface area contributed by atoms with Crippen molar-refractivity contribution in [1.82, 2.24) is 10.2 Å². The molecule has 0 fully saturated rings. The van der Waals surface area contributed by atoms with Gasteiger partial charge in [-0.3, -0.25) is 10.1 Å². The molecule has 0 radical (unpaired) electrons. The molecule has 0 aliphatic rings. The summed E-state index contributed by atoms with van der Waals surface area (Å²) in [7, 11) is -3.60. The number of aryl methyl sites for hydroxylation is 2. The third-order valence-corrected chi connectivity index (χ3v) is 5.49. The summed E-state index contributed by atoms with van der Waals surface area (Å²) < 4.78 is 29.9. The maximum Gasteiger partial charge on any atom is 0.322 e. The van der Waals surface area contributed by atoms with Crippen molar-refractivity contribution in [3.8, 4) is 0 Å². The predicted octanol–water partition coefficient (Wildman–Crippen LogP) is 2.91. The van der Waals surface area contributed by atoms with Crippen molar-refractivity contribution in [1.29, 1.82) is 0 Å². The Labute approximate surface area is 151 Å². The number of carbonyl (C=O) groups excluding carboxylic acids is 1. The fraction of sp³-hybridized carbons (Fsp3) is 0.167. The van der Waals surface area contributed by atoms with Gasteiger partial charge in [-0.05, 0) is 49.2 Å². The molecular weight excluding hydrogens is 354 g/mol. The van der Waals surface area contributed by atoms with Crippen molar-refractivity contribution >= 4 is 21.8 Å². The first-order valence-electron chi connectivity index (χ1n) is 7.84. The van der Waals surface area contributed by atoms with Gasteiger partial charge in [0.2, 0.25) is 5.89 Å². The predicted molar refractivity (Wildman–Crippen MR) is 95.5 cm³/mol. The molecule has 2 aromatic carbocycles. The number of nitrogens with zero attached hydrogens (tertiary/aromatic N) is 2. The lowest BCUT2D eigenvalue weighted by Gasteiger charge is -2.04. The molecule has 8 heteroatoms. The molecule has 0 unspecified atom stereocenters. The number of anilines is 1. The van der Waals surface area contributed by atoms with Gasteiger partial charge in [0.1, 0.15) is 5.75 Å². The van der Waals surface area contributed by atoms with Crippen molar-refractivity contribution in [2.24, 2.45) is 0 Å². The van der Waals surface area contributed by atoms with Gasteiger partial charge in [0.15, 0.2) is 9.84 Å². The molecule has 3 aromatic rings. The van der Waals surface area contributed by atoms with Gasteiger partial charge in [-0.15, -0.1) is 5.10 Å². The lowest BCUT2D eigenvalue weighted by Crippen LogP contribution is -2.12. The molecule has 0 saturated carbocycles. The number of sulfone groups is 1. The molecule has 7 nitrogen and oxygen atoms in total. The Kier molecular flexibility index (Phi) is 4.85. The first kappa shape index (κ1) is 17.8. The minimum absolute atomic E-state index is 0.0933. The normalized spacial score (nSPS) is 11.3. The molecule has 1 aromatic heterocycles. The van der Waals surface area contributed by atoms with E-state index in [1.54, 1.807) is 30.3 Å². The van der Waals surface area contributed by atoms with Crippen LogP contribution in [-0.2, 0) is 15.6 Å². The van der Waals surface area contributed by atoms with Crippen LogP contribution in [0.2, 0.25) is 0 Å². The highest BCUT2D eigenvalue weighted by molar-refractivity contribution is 7.90. The Balaban J connectivity index is 1.72. The number of hydrogen-bond acceptors (Lipinski definition) is 6. The van der Waals surface area contributed by atoms with Gasteiger partial charge in [0.25, 0.3) is 5.91 Å². The molecule has 1 heterocycles. The largest absolute Gasteiger partial charge is 0.407 e. The smallest absolute Gasteiger partial charge is 0.322 e. The first-order valence-corrected chi connectivity index (χ1v) is 9.49.